The average molecular weight is 377 g/mol. The van der Waals surface area contributed by atoms with Crippen LogP contribution in [0.25, 0.3) is 0 Å². The highest BCUT2D eigenvalue weighted by Crippen LogP contribution is 2.27. The maximum absolute atomic E-state index is 13.4. The molecule has 0 heterocycles. The highest BCUT2D eigenvalue weighted by atomic mass is 79.9. The molecule has 0 saturated carbocycles. The summed E-state index contributed by atoms with van der Waals surface area (Å²) < 4.78 is 32.2. The smallest absolute Gasteiger partial charge is 0.262 e. The Morgan fingerprint density at radius 2 is 2.00 bits per heavy atom. The van der Waals surface area contributed by atoms with E-state index in [0.29, 0.717) is 15.2 Å². The van der Waals surface area contributed by atoms with Gasteiger partial charge in [0, 0.05) is 11.1 Å². The molecule has 0 atom stereocenters. The van der Waals surface area contributed by atoms with Crippen LogP contribution in [-0.4, -0.2) is 12.5 Å². The Morgan fingerprint density at radius 3 is 2.71 bits per heavy atom. The van der Waals surface area contributed by atoms with Gasteiger partial charge in [0.15, 0.2) is 6.61 Å². The van der Waals surface area contributed by atoms with E-state index in [0.717, 1.165) is 18.2 Å². The minimum atomic E-state index is -0.725. The van der Waals surface area contributed by atoms with Gasteiger partial charge in [-0.1, -0.05) is 11.6 Å². The highest BCUT2D eigenvalue weighted by molar-refractivity contribution is 9.10. The van der Waals surface area contributed by atoms with E-state index in [1.54, 1.807) is 18.2 Å². The van der Waals surface area contributed by atoms with Crippen molar-refractivity contribution in [2.24, 2.45) is 0 Å². The summed E-state index contributed by atoms with van der Waals surface area (Å²) >= 11 is 9.01. The van der Waals surface area contributed by atoms with Gasteiger partial charge in [-0.25, -0.2) is 8.78 Å². The monoisotopic (exact) mass is 375 g/mol. The quantitative estimate of drug-likeness (QED) is 0.859. The Bertz CT molecular complexity index is 682. The number of rotatable bonds is 4. The van der Waals surface area contributed by atoms with Gasteiger partial charge in [0.05, 0.1) is 10.2 Å². The molecule has 0 fully saturated rings. The number of anilines is 1. The van der Waals surface area contributed by atoms with Crippen molar-refractivity contribution in [2.45, 2.75) is 0 Å². The standard InChI is InChI=1S/C14H9BrClF2NO2/c15-10-5-8(16)1-4-13(10)21-7-14(20)19-12-6-9(17)2-3-11(12)18/h1-6H,7H2,(H,19,20). The van der Waals surface area contributed by atoms with Crippen molar-refractivity contribution < 1.29 is 18.3 Å². The van der Waals surface area contributed by atoms with Gasteiger partial charge in [0.1, 0.15) is 17.4 Å². The first-order chi connectivity index (χ1) is 9.95. The number of benzene rings is 2. The Kier molecular flexibility index (Phi) is 5.14. The molecule has 2 rings (SSSR count). The molecular weight excluding hydrogens is 368 g/mol. The van der Waals surface area contributed by atoms with Gasteiger partial charge in [-0.2, -0.15) is 0 Å². The van der Waals surface area contributed by atoms with E-state index in [2.05, 4.69) is 21.2 Å². The van der Waals surface area contributed by atoms with Crippen LogP contribution in [0.1, 0.15) is 0 Å². The second-order valence-corrected chi connectivity index (χ2v) is 5.33. The molecule has 110 valence electrons. The van der Waals surface area contributed by atoms with Crippen molar-refractivity contribution in [1.29, 1.82) is 0 Å². The van der Waals surface area contributed by atoms with E-state index >= 15 is 0 Å². The van der Waals surface area contributed by atoms with Gasteiger partial charge in [0.2, 0.25) is 0 Å². The molecule has 0 saturated heterocycles. The molecule has 3 nitrogen and oxygen atoms in total. The van der Waals surface area contributed by atoms with E-state index in [1.807, 2.05) is 0 Å². The molecule has 21 heavy (non-hydrogen) atoms. The predicted octanol–water partition coefficient (Wildman–Crippen LogP) is 4.40. The van der Waals surface area contributed by atoms with Crippen LogP contribution in [0.15, 0.2) is 40.9 Å². The second kappa shape index (κ2) is 6.87. The molecule has 0 spiro atoms. The fourth-order valence-electron chi connectivity index (χ4n) is 1.52. The van der Waals surface area contributed by atoms with E-state index < -0.39 is 17.5 Å². The Hall–Kier alpha value is -1.66. The molecule has 0 aromatic heterocycles. The number of hydrogen-bond acceptors (Lipinski definition) is 2. The average Bonchev–Trinajstić information content (AvgIpc) is 2.42. The summed E-state index contributed by atoms with van der Waals surface area (Å²) in [6, 6.07) is 7.59. The summed E-state index contributed by atoms with van der Waals surface area (Å²) in [5.74, 6) is -1.57. The van der Waals surface area contributed by atoms with E-state index in [1.165, 1.54) is 0 Å². The number of carbonyl (C=O) groups excluding carboxylic acids is 1. The molecular formula is C14H9BrClF2NO2. The number of ether oxygens (including phenoxy) is 1. The maximum Gasteiger partial charge on any atom is 0.262 e. The molecule has 1 amide bonds. The maximum atomic E-state index is 13.4. The minimum Gasteiger partial charge on any atom is -0.483 e. The van der Waals surface area contributed by atoms with Gasteiger partial charge in [0.25, 0.3) is 5.91 Å². The third-order valence-corrected chi connectivity index (χ3v) is 3.31. The van der Waals surface area contributed by atoms with Crippen molar-refractivity contribution in [3.05, 3.63) is 57.5 Å². The van der Waals surface area contributed by atoms with E-state index in [9.17, 15) is 13.6 Å². The minimum absolute atomic E-state index is 0.237. The topological polar surface area (TPSA) is 38.3 Å². The van der Waals surface area contributed by atoms with Crippen LogP contribution in [-0.2, 0) is 4.79 Å². The van der Waals surface area contributed by atoms with Crippen molar-refractivity contribution in [1.82, 2.24) is 0 Å². The molecule has 7 heteroatoms. The molecule has 0 unspecified atom stereocenters. The Balaban J connectivity index is 1.97. The van der Waals surface area contributed by atoms with Gasteiger partial charge in [-0.15, -0.1) is 0 Å². The van der Waals surface area contributed by atoms with Crippen LogP contribution < -0.4 is 10.1 Å². The molecule has 2 aromatic carbocycles. The van der Waals surface area contributed by atoms with Crippen molar-refractivity contribution >= 4 is 39.1 Å². The first-order valence-electron chi connectivity index (χ1n) is 5.78. The van der Waals surface area contributed by atoms with Gasteiger partial charge >= 0.3 is 0 Å². The lowest BCUT2D eigenvalue weighted by Crippen LogP contribution is -2.21. The second-order valence-electron chi connectivity index (χ2n) is 4.04. The lowest BCUT2D eigenvalue weighted by Gasteiger charge is -2.09. The fourth-order valence-corrected chi connectivity index (χ4v) is 2.31. The van der Waals surface area contributed by atoms with Gasteiger partial charge < -0.3 is 10.1 Å². The Morgan fingerprint density at radius 1 is 1.24 bits per heavy atom. The summed E-state index contributed by atoms with van der Waals surface area (Å²) in [7, 11) is 0. The first-order valence-corrected chi connectivity index (χ1v) is 6.95. The van der Waals surface area contributed by atoms with E-state index in [-0.39, 0.29) is 12.3 Å². The van der Waals surface area contributed by atoms with E-state index in [4.69, 9.17) is 16.3 Å². The summed E-state index contributed by atoms with van der Waals surface area (Å²) in [6.07, 6.45) is 0. The van der Waals surface area contributed by atoms with Crippen LogP contribution in [0, 0.1) is 11.6 Å². The summed E-state index contributed by atoms with van der Waals surface area (Å²) in [5, 5.41) is 2.75. The van der Waals surface area contributed by atoms with Crippen LogP contribution in [0.4, 0.5) is 14.5 Å². The molecule has 2 aromatic rings. The number of amides is 1. The van der Waals surface area contributed by atoms with Crippen LogP contribution in [0.2, 0.25) is 5.02 Å². The van der Waals surface area contributed by atoms with Crippen LogP contribution in [0.3, 0.4) is 0 Å². The fraction of sp³-hybridized carbons (Fsp3) is 0.0714. The Labute approximate surface area is 133 Å². The van der Waals surface area contributed by atoms with Gasteiger partial charge in [-0.05, 0) is 46.3 Å². The molecule has 1 N–H and O–H groups in total. The molecule has 0 aliphatic heterocycles. The van der Waals surface area contributed by atoms with Crippen LogP contribution >= 0.6 is 27.5 Å². The van der Waals surface area contributed by atoms with Crippen molar-refractivity contribution in [2.75, 3.05) is 11.9 Å². The summed E-state index contributed by atoms with van der Waals surface area (Å²) in [6.45, 7) is -0.351. The van der Waals surface area contributed by atoms with Crippen molar-refractivity contribution in [3.8, 4) is 5.75 Å². The third-order valence-electron chi connectivity index (χ3n) is 2.46. The number of halogens is 4. The third kappa shape index (κ3) is 4.41. The summed E-state index contributed by atoms with van der Waals surface area (Å²) in [4.78, 5) is 11.7. The molecule has 0 radical (unpaired) electrons. The molecule has 0 aliphatic rings. The lowest BCUT2D eigenvalue weighted by atomic mass is 10.3. The predicted molar refractivity (Wildman–Crippen MR) is 79.6 cm³/mol. The molecule has 0 aliphatic carbocycles. The normalized spacial score (nSPS) is 10.3. The zero-order valence-electron chi connectivity index (χ0n) is 10.5. The van der Waals surface area contributed by atoms with Gasteiger partial charge in [-0.3, -0.25) is 4.79 Å². The number of carbonyl (C=O) groups is 1. The lowest BCUT2D eigenvalue weighted by molar-refractivity contribution is -0.118. The summed E-state index contributed by atoms with van der Waals surface area (Å²) in [5.41, 5.74) is -0.237. The first kappa shape index (κ1) is 15.7. The zero-order chi connectivity index (χ0) is 15.4. The SMILES string of the molecule is O=C(COc1ccc(Cl)cc1Br)Nc1cc(F)ccc1F. The van der Waals surface area contributed by atoms with Crippen LogP contribution in [0.5, 0.6) is 5.75 Å². The van der Waals surface area contributed by atoms with Crippen molar-refractivity contribution in [3.63, 3.8) is 0 Å². The molecule has 0 bridgehead atoms. The highest BCUT2D eigenvalue weighted by Gasteiger charge is 2.10. The largest absolute Gasteiger partial charge is 0.483 e. The number of hydrogen-bond donors (Lipinski definition) is 1. The number of nitrogens with one attached hydrogen (secondary N) is 1. The zero-order valence-corrected chi connectivity index (χ0v) is 12.8.